The summed E-state index contributed by atoms with van der Waals surface area (Å²) in [7, 11) is 0. The van der Waals surface area contributed by atoms with E-state index in [1.54, 1.807) is 18.2 Å². The first kappa shape index (κ1) is 15.7. The Morgan fingerprint density at radius 1 is 1.09 bits per heavy atom. The minimum Gasteiger partial charge on any atom is -0.306 e. The summed E-state index contributed by atoms with van der Waals surface area (Å²) >= 11 is 12.0. The molecule has 1 aromatic carbocycles. The molecule has 1 aliphatic carbocycles. The lowest BCUT2D eigenvalue weighted by Crippen LogP contribution is -2.18. The van der Waals surface area contributed by atoms with E-state index in [2.05, 4.69) is 20.6 Å². The number of hydrogen-bond donors (Lipinski definition) is 2. The third-order valence-electron chi connectivity index (χ3n) is 3.27. The molecule has 0 atom stereocenters. The van der Waals surface area contributed by atoms with E-state index in [9.17, 15) is 9.59 Å². The molecular formula is C15H12Cl2N4O2. The summed E-state index contributed by atoms with van der Waals surface area (Å²) in [5, 5.41) is 5.69. The number of hydrogen-bond acceptors (Lipinski definition) is 4. The Morgan fingerprint density at radius 2 is 1.78 bits per heavy atom. The van der Waals surface area contributed by atoms with Crippen LogP contribution in [-0.2, 0) is 4.79 Å². The van der Waals surface area contributed by atoms with Gasteiger partial charge in [0, 0.05) is 12.1 Å². The van der Waals surface area contributed by atoms with E-state index >= 15 is 0 Å². The summed E-state index contributed by atoms with van der Waals surface area (Å²) < 4.78 is 0. The molecule has 1 heterocycles. The predicted octanol–water partition coefficient (Wildman–Crippen LogP) is 3.38. The standard InChI is InChI=1S/C15H12Cl2N4O2/c16-9-2-1-3-10(17)12(9)14(23)19-11-6-7-18-15(20-11)21-13(22)8-4-5-8/h1-3,6-8H,4-5H2,(H2,18,19,20,21,22,23). The zero-order valence-corrected chi connectivity index (χ0v) is 13.4. The molecular weight excluding hydrogens is 339 g/mol. The maximum absolute atomic E-state index is 12.3. The average Bonchev–Trinajstić information content (AvgIpc) is 3.32. The summed E-state index contributed by atoms with van der Waals surface area (Å²) in [6, 6.07) is 6.31. The van der Waals surface area contributed by atoms with Crippen molar-refractivity contribution in [3.05, 3.63) is 46.1 Å². The summed E-state index contributed by atoms with van der Waals surface area (Å²) in [4.78, 5) is 32.0. The highest BCUT2D eigenvalue weighted by molar-refractivity contribution is 6.40. The van der Waals surface area contributed by atoms with Crippen LogP contribution in [0.1, 0.15) is 23.2 Å². The van der Waals surface area contributed by atoms with Gasteiger partial charge >= 0.3 is 0 Å². The fourth-order valence-electron chi connectivity index (χ4n) is 1.94. The minimum absolute atomic E-state index is 0.0405. The lowest BCUT2D eigenvalue weighted by molar-refractivity contribution is -0.117. The fourth-order valence-corrected chi connectivity index (χ4v) is 2.51. The van der Waals surface area contributed by atoms with Gasteiger partial charge in [0.05, 0.1) is 15.6 Å². The van der Waals surface area contributed by atoms with E-state index in [1.165, 1.54) is 12.3 Å². The third-order valence-corrected chi connectivity index (χ3v) is 3.90. The van der Waals surface area contributed by atoms with Gasteiger partial charge in [-0.1, -0.05) is 29.3 Å². The van der Waals surface area contributed by atoms with E-state index in [0.29, 0.717) is 0 Å². The van der Waals surface area contributed by atoms with Crippen molar-refractivity contribution < 1.29 is 9.59 Å². The summed E-state index contributed by atoms with van der Waals surface area (Å²) in [6.07, 6.45) is 3.21. The molecule has 1 aromatic heterocycles. The van der Waals surface area contributed by atoms with Crippen molar-refractivity contribution in [1.29, 1.82) is 0 Å². The zero-order valence-electron chi connectivity index (χ0n) is 11.8. The molecule has 2 aromatic rings. The van der Waals surface area contributed by atoms with Crippen molar-refractivity contribution in [2.24, 2.45) is 5.92 Å². The number of anilines is 2. The number of nitrogens with one attached hydrogen (secondary N) is 2. The van der Waals surface area contributed by atoms with Crippen molar-refractivity contribution in [1.82, 2.24) is 9.97 Å². The smallest absolute Gasteiger partial charge is 0.259 e. The van der Waals surface area contributed by atoms with Crippen molar-refractivity contribution in [3.8, 4) is 0 Å². The van der Waals surface area contributed by atoms with Crippen molar-refractivity contribution in [2.75, 3.05) is 10.6 Å². The Kier molecular flexibility index (Phi) is 4.45. The first-order chi connectivity index (χ1) is 11.0. The van der Waals surface area contributed by atoms with Crippen LogP contribution in [0.2, 0.25) is 10.0 Å². The Morgan fingerprint density at radius 3 is 2.43 bits per heavy atom. The molecule has 6 nitrogen and oxygen atoms in total. The van der Waals surface area contributed by atoms with Gasteiger partial charge in [-0.25, -0.2) is 4.98 Å². The highest BCUT2D eigenvalue weighted by Gasteiger charge is 2.30. The Bertz CT molecular complexity index is 758. The molecule has 23 heavy (non-hydrogen) atoms. The monoisotopic (exact) mass is 350 g/mol. The van der Waals surface area contributed by atoms with Crippen LogP contribution in [0.3, 0.4) is 0 Å². The Balaban J connectivity index is 1.74. The molecule has 0 radical (unpaired) electrons. The Hall–Kier alpha value is -2.18. The number of carbonyl (C=O) groups is 2. The second-order valence-corrected chi connectivity index (χ2v) is 5.89. The lowest BCUT2D eigenvalue weighted by Gasteiger charge is -2.09. The van der Waals surface area contributed by atoms with Gasteiger partial charge in [-0.3, -0.25) is 14.9 Å². The van der Waals surface area contributed by atoms with E-state index in [0.717, 1.165) is 12.8 Å². The first-order valence-electron chi connectivity index (χ1n) is 6.94. The average molecular weight is 351 g/mol. The van der Waals surface area contributed by atoms with Crippen LogP contribution in [0.4, 0.5) is 11.8 Å². The Labute approximate surface area is 142 Å². The number of rotatable bonds is 4. The van der Waals surface area contributed by atoms with Gasteiger partial charge in [0.2, 0.25) is 11.9 Å². The fraction of sp³-hybridized carbons (Fsp3) is 0.200. The topological polar surface area (TPSA) is 84.0 Å². The lowest BCUT2D eigenvalue weighted by atomic mass is 10.2. The molecule has 0 spiro atoms. The molecule has 8 heteroatoms. The largest absolute Gasteiger partial charge is 0.306 e. The van der Waals surface area contributed by atoms with Crippen LogP contribution in [-0.4, -0.2) is 21.8 Å². The first-order valence-corrected chi connectivity index (χ1v) is 7.69. The van der Waals surface area contributed by atoms with Crippen molar-refractivity contribution in [3.63, 3.8) is 0 Å². The van der Waals surface area contributed by atoms with Gasteiger partial charge in [0.1, 0.15) is 5.82 Å². The molecule has 0 unspecified atom stereocenters. The van der Waals surface area contributed by atoms with Gasteiger partial charge in [0.25, 0.3) is 5.91 Å². The highest BCUT2D eigenvalue weighted by Crippen LogP contribution is 2.30. The molecule has 2 N–H and O–H groups in total. The molecule has 0 saturated heterocycles. The quantitative estimate of drug-likeness (QED) is 0.884. The van der Waals surface area contributed by atoms with Gasteiger partial charge < -0.3 is 5.32 Å². The molecule has 0 aliphatic heterocycles. The molecule has 118 valence electrons. The van der Waals surface area contributed by atoms with Crippen LogP contribution in [0.15, 0.2) is 30.5 Å². The van der Waals surface area contributed by atoms with Crippen LogP contribution < -0.4 is 10.6 Å². The SMILES string of the molecule is O=C(Nc1ccnc(NC(=O)C2CC2)n1)c1c(Cl)cccc1Cl. The normalized spacial score (nSPS) is 13.5. The maximum atomic E-state index is 12.3. The number of benzene rings is 1. The molecule has 2 amide bonds. The number of amides is 2. The number of nitrogens with zero attached hydrogens (tertiary/aromatic N) is 2. The summed E-state index contributed by atoms with van der Waals surface area (Å²) in [5.41, 5.74) is 0.165. The minimum atomic E-state index is -0.487. The van der Waals surface area contributed by atoms with Gasteiger partial charge in [-0.2, -0.15) is 4.98 Å². The number of aromatic nitrogens is 2. The molecule has 0 bridgehead atoms. The molecule has 1 saturated carbocycles. The van der Waals surface area contributed by atoms with E-state index in [1.807, 2.05) is 0 Å². The zero-order chi connectivity index (χ0) is 16.4. The maximum Gasteiger partial charge on any atom is 0.259 e. The van der Waals surface area contributed by atoms with E-state index < -0.39 is 5.91 Å². The number of halogens is 2. The van der Waals surface area contributed by atoms with Crippen LogP contribution in [0, 0.1) is 5.92 Å². The molecule has 1 aliphatic rings. The van der Waals surface area contributed by atoms with Crippen molar-refractivity contribution >= 4 is 46.8 Å². The predicted molar refractivity (Wildman–Crippen MR) is 87.8 cm³/mol. The molecule has 3 rings (SSSR count). The second kappa shape index (κ2) is 6.52. The van der Waals surface area contributed by atoms with Crippen LogP contribution in [0.25, 0.3) is 0 Å². The summed E-state index contributed by atoms with van der Waals surface area (Å²) in [5.74, 6) is -0.169. The van der Waals surface area contributed by atoms with Gasteiger partial charge in [-0.05, 0) is 31.0 Å². The van der Waals surface area contributed by atoms with E-state index in [-0.39, 0.29) is 39.2 Å². The van der Waals surface area contributed by atoms with Gasteiger partial charge in [0.15, 0.2) is 0 Å². The van der Waals surface area contributed by atoms with Crippen LogP contribution in [0.5, 0.6) is 0 Å². The van der Waals surface area contributed by atoms with Gasteiger partial charge in [-0.15, -0.1) is 0 Å². The van der Waals surface area contributed by atoms with Crippen LogP contribution >= 0.6 is 23.2 Å². The van der Waals surface area contributed by atoms with Crippen molar-refractivity contribution in [2.45, 2.75) is 12.8 Å². The number of carbonyl (C=O) groups excluding carboxylic acids is 2. The summed E-state index contributed by atoms with van der Waals surface area (Å²) in [6.45, 7) is 0. The molecule has 1 fully saturated rings. The second-order valence-electron chi connectivity index (χ2n) is 5.08. The third kappa shape index (κ3) is 3.78. The highest BCUT2D eigenvalue weighted by atomic mass is 35.5. The van der Waals surface area contributed by atoms with E-state index in [4.69, 9.17) is 23.2 Å².